The van der Waals surface area contributed by atoms with E-state index in [1.165, 1.54) is 0 Å². The summed E-state index contributed by atoms with van der Waals surface area (Å²) < 4.78 is 5.27. The largest absolute Gasteiger partial charge is 0.385 e. The topological polar surface area (TPSA) is 70.7 Å². The molecule has 0 unspecified atom stereocenters. The number of ether oxygens (including phenoxy) is 1. The van der Waals surface area contributed by atoms with Crippen LogP contribution in [-0.4, -0.2) is 49.2 Å². The third-order valence-corrected chi connectivity index (χ3v) is 5.49. The van der Waals surface area contributed by atoms with E-state index in [1.807, 2.05) is 65.6 Å². The molecule has 2 aromatic carbocycles. The summed E-state index contributed by atoms with van der Waals surface area (Å²) in [6.45, 7) is 2.27. The maximum atomic E-state index is 12.7. The van der Waals surface area contributed by atoms with Crippen LogP contribution in [-0.2, 0) is 11.3 Å². The minimum absolute atomic E-state index is 0.0661. The number of carbonyl (C=O) groups is 2. The standard InChI is InChI=1S/C23H29N3O3/c1-29-17-14-23(25-21(27)20-10-6-3-7-11-20)12-15-26(16-13-23)22(28)24-18-19-8-4-2-5-9-19/h2-11H,12-18H2,1H3,(H,24,28)(H,25,27). The number of carbonyl (C=O) groups excluding carboxylic acids is 2. The normalized spacial score (nSPS) is 15.6. The molecule has 0 spiro atoms. The molecule has 1 aliphatic heterocycles. The van der Waals surface area contributed by atoms with Gasteiger partial charge in [0.05, 0.1) is 0 Å². The highest BCUT2D eigenvalue weighted by Gasteiger charge is 2.37. The van der Waals surface area contributed by atoms with E-state index in [1.54, 1.807) is 7.11 Å². The molecule has 29 heavy (non-hydrogen) atoms. The summed E-state index contributed by atoms with van der Waals surface area (Å²) in [7, 11) is 1.67. The Morgan fingerprint density at radius 1 is 1.00 bits per heavy atom. The second-order valence-electron chi connectivity index (χ2n) is 7.47. The monoisotopic (exact) mass is 395 g/mol. The van der Waals surface area contributed by atoms with Crippen molar-refractivity contribution >= 4 is 11.9 Å². The second kappa shape index (κ2) is 10.1. The Labute approximate surface area is 172 Å². The molecule has 0 bridgehead atoms. The lowest BCUT2D eigenvalue weighted by molar-refractivity contribution is 0.0745. The van der Waals surface area contributed by atoms with Crippen LogP contribution in [0.1, 0.15) is 35.2 Å². The summed E-state index contributed by atoms with van der Waals surface area (Å²) in [6.07, 6.45) is 2.13. The Morgan fingerprint density at radius 2 is 1.62 bits per heavy atom. The molecule has 1 fully saturated rings. The van der Waals surface area contributed by atoms with Gasteiger partial charge in [-0.2, -0.15) is 0 Å². The van der Waals surface area contributed by atoms with Crippen LogP contribution in [0.5, 0.6) is 0 Å². The third kappa shape index (κ3) is 5.81. The van der Waals surface area contributed by atoms with Crippen molar-refractivity contribution in [3.8, 4) is 0 Å². The fourth-order valence-electron chi connectivity index (χ4n) is 3.66. The molecular weight excluding hydrogens is 366 g/mol. The fraction of sp³-hybridized carbons (Fsp3) is 0.391. The molecule has 2 aromatic rings. The number of nitrogens with one attached hydrogen (secondary N) is 2. The molecule has 1 saturated heterocycles. The van der Waals surface area contributed by atoms with Gasteiger partial charge in [0.15, 0.2) is 0 Å². The highest BCUT2D eigenvalue weighted by Crippen LogP contribution is 2.27. The van der Waals surface area contributed by atoms with E-state index in [9.17, 15) is 9.59 Å². The molecule has 3 amide bonds. The Hall–Kier alpha value is -2.86. The van der Waals surface area contributed by atoms with Gasteiger partial charge in [-0.3, -0.25) is 4.79 Å². The van der Waals surface area contributed by atoms with Crippen molar-refractivity contribution in [2.75, 3.05) is 26.8 Å². The lowest BCUT2D eigenvalue weighted by atomic mass is 9.84. The SMILES string of the molecule is COCCC1(NC(=O)c2ccccc2)CCN(C(=O)NCc2ccccc2)CC1. The van der Waals surface area contributed by atoms with E-state index >= 15 is 0 Å². The van der Waals surface area contributed by atoms with Crippen molar-refractivity contribution in [3.63, 3.8) is 0 Å². The first-order chi connectivity index (χ1) is 14.1. The number of likely N-dealkylation sites (tertiary alicyclic amines) is 1. The molecule has 1 aliphatic rings. The Morgan fingerprint density at radius 3 is 2.24 bits per heavy atom. The predicted molar refractivity (Wildman–Crippen MR) is 113 cm³/mol. The number of amides is 3. The molecule has 0 radical (unpaired) electrons. The van der Waals surface area contributed by atoms with Crippen molar-refractivity contribution in [2.24, 2.45) is 0 Å². The highest BCUT2D eigenvalue weighted by atomic mass is 16.5. The summed E-state index contributed by atoms with van der Waals surface area (Å²) >= 11 is 0. The second-order valence-corrected chi connectivity index (χ2v) is 7.47. The van der Waals surface area contributed by atoms with E-state index in [4.69, 9.17) is 4.74 Å². The number of hydrogen-bond donors (Lipinski definition) is 2. The van der Waals surface area contributed by atoms with E-state index in [0.717, 1.165) is 12.0 Å². The van der Waals surface area contributed by atoms with Crippen molar-refractivity contribution in [3.05, 3.63) is 71.8 Å². The lowest BCUT2D eigenvalue weighted by Crippen LogP contribution is -2.57. The zero-order chi connectivity index (χ0) is 20.5. The lowest BCUT2D eigenvalue weighted by Gasteiger charge is -2.42. The van der Waals surface area contributed by atoms with Gasteiger partial charge in [0.25, 0.3) is 5.91 Å². The van der Waals surface area contributed by atoms with Crippen LogP contribution < -0.4 is 10.6 Å². The minimum Gasteiger partial charge on any atom is -0.385 e. The van der Waals surface area contributed by atoms with Crippen LogP contribution in [0, 0.1) is 0 Å². The van der Waals surface area contributed by atoms with Gasteiger partial charge in [0.2, 0.25) is 0 Å². The van der Waals surface area contributed by atoms with Crippen molar-refractivity contribution in [1.29, 1.82) is 0 Å². The van der Waals surface area contributed by atoms with Gasteiger partial charge in [-0.1, -0.05) is 48.5 Å². The van der Waals surface area contributed by atoms with Gasteiger partial charge < -0.3 is 20.3 Å². The highest BCUT2D eigenvalue weighted by molar-refractivity contribution is 5.94. The van der Waals surface area contributed by atoms with E-state index in [0.29, 0.717) is 44.6 Å². The molecule has 6 nitrogen and oxygen atoms in total. The summed E-state index contributed by atoms with van der Waals surface area (Å²) in [4.78, 5) is 27.1. The Bertz CT molecular complexity index is 788. The predicted octanol–water partition coefficient (Wildman–Crippen LogP) is 3.20. The minimum atomic E-state index is -0.362. The van der Waals surface area contributed by atoms with Gasteiger partial charge in [0.1, 0.15) is 0 Å². The number of hydrogen-bond acceptors (Lipinski definition) is 3. The zero-order valence-corrected chi connectivity index (χ0v) is 16.9. The summed E-state index contributed by atoms with van der Waals surface area (Å²) in [5, 5.41) is 6.20. The molecule has 0 aliphatic carbocycles. The smallest absolute Gasteiger partial charge is 0.317 e. The van der Waals surface area contributed by atoms with Gasteiger partial charge in [-0.25, -0.2) is 4.79 Å². The third-order valence-electron chi connectivity index (χ3n) is 5.49. The Kier molecular flexibility index (Phi) is 7.25. The maximum Gasteiger partial charge on any atom is 0.317 e. The van der Waals surface area contributed by atoms with E-state index < -0.39 is 0 Å². The van der Waals surface area contributed by atoms with E-state index in [-0.39, 0.29) is 17.5 Å². The first-order valence-corrected chi connectivity index (χ1v) is 10.1. The van der Waals surface area contributed by atoms with Crippen molar-refractivity contribution in [1.82, 2.24) is 15.5 Å². The average Bonchev–Trinajstić information content (AvgIpc) is 2.78. The van der Waals surface area contributed by atoms with Gasteiger partial charge in [-0.15, -0.1) is 0 Å². The number of piperidine rings is 1. The van der Waals surface area contributed by atoms with Crippen LogP contribution in [0.2, 0.25) is 0 Å². The molecular formula is C23H29N3O3. The quantitative estimate of drug-likeness (QED) is 0.756. The summed E-state index contributed by atoms with van der Waals surface area (Å²) in [5.41, 5.74) is 1.36. The number of urea groups is 1. The average molecular weight is 396 g/mol. The molecule has 0 atom stereocenters. The van der Waals surface area contributed by atoms with Gasteiger partial charge in [0, 0.05) is 44.5 Å². The Balaban J connectivity index is 1.57. The van der Waals surface area contributed by atoms with Crippen molar-refractivity contribution < 1.29 is 14.3 Å². The van der Waals surface area contributed by atoms with Crippen LogP contribution in [0.25, 0.3) is 0 Å². The molecule has 1 heterocycles. The summed E-state index contributed by atoms with van der Waals surface area (Å²) in [6, 6.07) is 19.0. The molecule has 0 saturated carbocycles. The van der Waals surface area contributed by atoms with Crippen LogP contribution in [0.4, 0.5) is 4.79 Å². The first-order valence-electron chi connectivity index (χ1n) is 10.1. The molecule has 2 N–H and O–H groups in total. The number of rotatable bonds is 7. The number of benzene rings is 2. The van der Waals surface area contributed by atoms with Gasteiger partial charge >= 0.3 is 6.03 Å². The fourth-order valence-corrected chi connectivity index (χ4v) is 3.66. The van der Waals surface area contributed by atoms with Crippen molar-refractivity contribution in [2.45, 2.75) is 31.3 Å². The number of nitrogens with zero attached hydrogens (tertiary/aromatic N) is 1. The van der Waals surface area contributed by atoms with Crippen LogP contribution in [0.3, 0.4) is 0 Å². The number of methoxy groups -OCH3 is 1. The molecule has 154 valence electrons. The maximum absolute atomic E-state index is 12.7. The molecule has 0 aromatic heterocycles. The van der Waals surface area contributed by atoms with Gasteiger partial charge in [-0.05, 0) is 37.0 Å². The summed E-state index contributed by atoms with van der Waals surface area (Å²) in [5.74, 6) is -0.0799. The van der Waals surface area contributed by atoms with E-state index in [2.05, 4.69) is 10.6 Å². The first kappa shape index (κ1) is 20.9. The van der Waals surface area contributed by atoms with Crippen LogP contribution >= 0.6 is 0 Å². The van der Waals surface area contributed by atoms with Crippen LogP contribution in [0.15, 0.2) is 60.7 Å². The molecule has 6 heteroatoms. The zero-order valence-electron chi connectivity index (χ0n) is 16.9. The molecule has 3 rings (SSSR count).